The van der Waals surface area contributed by atoms with E-state index < -0.39 is 5.91 Å². The number of aromatic nitrogens is 4. The van der Waals surface area contributed by atoms with Crippen molar-refractivity contribution < 1.29 is 18.7 Å². The van der Waals surface area contributed by atoms with Crippen LogP contribution in [0.1, 0.15) is 10.5 Å². The molecule has 12 heteroatoms. The highest BCUT2D eigenvalue weighted by atomic mass is 32.2. The molecule has 0 saturated heterocycles. The quantitative estimate of drug-likeness (QED) is 0.294. The Hall–Kier alpha value is -3.25. The van der Waals surface area contributed by atoms with Crippen molar-refractivity contribution in [2.24, 2.45) is 0 Å². The van der Waals surface area contributed by atoms with E-state index in [9.17, 15) is 14.0 Å². The van der Waals surface area contributed by atoms with Gasteiger partial charge in [-0.05, 0) is 24.3 Å². The number of nitrogens with one attached hydrogen (secondary N) is 2. The lowest BCUT2D eigenvalue weighted by Crippen LogP contribution is -2.24. The predicted molar refractivity (Wildman–Crippen MR) is 112 cm³/mol. The summed E-state index contributed by atoms with van der Waals surface area (Å²) < 4.78 is 20.3. The first-order valence-corrected chi connectivity index (χ1v) is 10.3. The number of anilines is 1. The molecule has 156 valence electrons. The fourth-order valence-electron chi connectivity index (χ4n) is 2.23. The average molecular weight is 449 g/mol. The Balaban J connectivity index is 1.66. The van der Waals surface area contributed by atoms with Crippen molar-refractivity contribution in [2.75, 3.05) is 24.7 Å². The van der Waals surface area contributed by atoms with E-state index in [-0.39, 0.29) is 34.1 Å². The van der Waals surface area contributed by atoms with Crippen molar-refractivity contribution in [2.45, 2.75) is 4.34 Å². The third kappa shape index (κ3) is 5.42. The number of nitrogens with zero attached hydrogens (tertiary/aromatic N) is 4. The van der Waals surface area contributed by atoms with Gasteiger partial charge in [0, 0.05) is 6.54 Å². The molecule has 1 aromatic carbocycles. The molecule has 0 aliphatic carbocycles. The molecule has 0 saturated carbocycles. The molecule has 0 aliphatic rings. The lowest BCUT2D eigenvalue weighted by molar-refractivity contribution is -0.118. The van der Waals surface area contributed by atoms with E-state index in [1.54, 1.807) is 6.08 Å². The molecule has 0 unspecified atom stereocenters. The maximum Gasteiger partial charge on any atom is 0.281 e. The van der Waals surface area contributed by atoms with Crippen molar-refractivity contribution in [1.82, 2.24) is 25.3 Å². The summed E-state index contributed by atoms with van der Waals surface area (Å²) in [4.78, 5) is 24.2. The molecule has 0 bridgehead atoms. The van der Waals surface area contributed by atoms with Crippen LogP contribution in [0.25, 0.3) is 5.69 Å². The van der Waals surface area contributed by atoms with Crippen molar-refractivity contribution in [3.63, 3.8) is 0 Å². The summed E-state index contributed by atoms with van der Waals surface area (Å²) in [6.07, 6.45) is 3.11. The first-order chi connectivity index (χ1) is 14.5. The summed E-state index contributed by atoms with van der Waals surface area (Å²) in [7, 11) is 1.42. The number of methoxy groups -OCH3 is 1. The fourth-order valence-corrected chi connectivity index (χ4v) is 3.81. The molecular weight excluding hydrogens is 431 g/mol. The summed E-state index contributed by atoms with van der Waals surface area (Å²) >= 11 is 2.34. The van der Waals surface area contributed by atoms with Crippen LogP contribution in [0.3, 0.4) is 0 Å². The minimum atomic E-state index is -0.538. The zero-order valence-electron chi connectivity index (χ0n) is 15.8. The maximum atomic E-state index is 13.1. The summed E-state index contributed by atoms with van der Waals surface area (Å²) in [5, 5.41) is 17.6. The van der Waals surface area contributed by atoms with E-state index >= 15 is 0 Å². The van der Waals surface area contributed by atoms with Gasteiger partial charge in [-0.25, -0.2) is 9.07 Å². The van der Waals surface area contributed by atoms with Crippen LogP contribution in [-0.4, -0.2) is 51.2 Å². The smallest absolute Gasteiger partial charge is 0.281 e. The molecule has 2 aromatic heterocycles. The lowest BCUT2D eigenvalue weighted by Gasteiger charge is -2.01. The van der Waals surface area contributed by atoms with E-state index in [1.807, 2.05) is 0 Å². The van der Waals surface area contributed by atoms with Crippen LogP contribution in [0.2, 0.25) is 0 Å². The summed E-state index contributed by atoms with van der Waals surface area (Å²) in [5.41, 5.74) is 0.605. The normalized spacial score (nSPS) is 10.5. The molecule has 3 rings (SSSR count). The molecule has 30 heavy (non-hydrogen) atoms. The molecule has 0 fully saturated rings. The van der Waals surface area contributed by atoms with Crippen molar-refractivity contribution in [3.8, 4) is 11.4 Å². The summed E-state index contributed by atoms with van der Waals surface area (Å²) in [5.74, 6) is -0.651. The van der Waals surface area contributed by atoms with Gasteiger partial charge in [-0.3, -0.25) is 14.9 Å². The SMILES string of the molecule is C=CCNC(=O)CSc1nnc(NC(=O)c2nn(-c3ccc(F)cc3)cc2OC)s1. The maximum absolute atomic E-state index is 13.1. The monoisotopic (exact) mass is 448 g/mol. The van der Waals surface area contributed by atoms with Crippen molar-refractivity contribution in [3.05, 3.63) is 54.6 Å². The van der Waals surface area contributed by atoms with Gasteiger partial charge in [-0.15, -0.1) is 16.8 Å². The second kappa shape index (κ2) is 9.98. The first-order valence-electron chi connectivity index (χ1n) is 8.55. The second-order valence-electron chi connectivity index (χ2n) is 5.68. The largest absolute Gasteiger partial charge is 0.493 e. The molecule has 2 N–H and O–H groups in total. The number of benzene rings is 1. The van der Waals surface area contributed by atoms with Crippen LogP contribution < -0.4 is 15.4 Å². The third-order valence-corrected chi connectivity index (χ3v) is 5.58. The van der Waals surface area contributed by atoms with Crippen LogP contribution in [0.15, 0.2) is 47.5 Å². The Morgan fingerprint density at radius 2 is 2.10 bits per heavy atom. The van der Waals surface area contributed by atoms with Gasteiger partial charge < -0.3 is 10.1 Å². The number of rotatable bonds is 9. The van der Waals surface area contributed by atoms with Gasteiger partial charge in [0.05, 0.1) is 24.7 Å². The topological polar surface area (TPSA) is 111 Å². The zero-order valence-corrected chi connectivity index (χ0v) is 17.4. The number of carbonyl (C=O) groups is 2. The van der Waals surface area contributed by atoms with Gasteiger partial charge in [0.25, 0.3) is 5.91 Å². The van der Waals surface area contributed by atoms with E-state index in [0.29, 0.717) is 16.6 Å². The Morgan fingerprint density at radius 1 is 1.33 bits per heavy atom. The molecule has 0 atom stereocenters. The number of hydrogen-bond acceptors (Lipinski definition) is 8. The summed E-state index contributed by atoms with van der Waals surface area (Å²) in [6.45, 7) is 3.92. The van der Waals surface area contributed by atoms with Crippen LogP contribution in [-0.2, 0) is 4.79 Å². The molecule has 3 aromatic rings. The molecular formula is C18H17FN6O3S2. The van der Waals surface area contributed by atoms with Crippen molar-refractivity contribution in [1.29, 1.82) is 0 Å². The number of carbonyl (C=O) groups excluding carboxylic acids is 2. The minimum absolute atomic E-state index is 0.0371. The van der Waals surface area contributed by atoms with Gasteiger partial charge in [-0.1, -0.05) is 29.2 Å². The van der Waals surface area contributed by atoms with Crippen LogP contribution in [0, 0.1) is 5.82 Å². The van der Waals surface area contributed by atoms with Gasteiger partial charge >= 0.3 is 0 Å². The fraction of sp³-hybridized carbons (Fsp3) is 0.167. The summed E-state index contributed by atoms with van der Waals surface area (Å²) in [6, 6.07) is 5.65. The molecule has 9 nitrogen and oxygen atoms in total. The van der Waals surface area contributed by atoms with E-state index in [1.165, 1.54) is 54.0 Å². The van der Waals surface area contributed by atoms with E-state index in [0.717, 1.165) is 11.3 Å². The third-order valence-electron chi connectivity index (χ3n) is 3.60. The number of hydrogen-bond donors (Lipinski definition) is 2. The van der Waals surface area contributed by atoms with E-state index in [4.69, 9.17) is 4.74 Å². The van der Waals surface area contributed by atoms with Crippen LogP contribution in [0.5, 0.6) is 5.75 Å². The number of thioether (sulfide) groups is 1. The lowest BCUT2D eigenvalue weighted by atomic mass is 10.3. The number of amides is 2. The Kier molecular flexibility index (Phi) is 7.14. The highest BCUT2D eigenvalue weighted by Gasteiger charge is 2.20. The van der Waals surface area contributed by atoms with E-state index in [2.05, 4.69) is 32.5 Å². The van der Waals surface area contributed by atoms with Crippen molar-refractivity contribution >= 4 is 40.0 Å². The minimum Gasteiger partial charge on any atom is -0.493 e. The molecule has 0 aliphatic heterocycles. The molecule has 2 heterocycles. The molecule has 0 radical (unpaired) electrons. The van der Waals surface area contributed by atoms with Gasteiger partial charge in [0.1, 0.15) is 5.82 Å². The van der Waals surface area contributed by atoms with Crippen LogP contribution >= 0.6 is 23.1 Å². The zero-order chi connectivity index (χ0) is 21.5. The standard InChI is InChI=1S/C18H17FN6O3S2/c1-3-8-20-14(26)10-29-18-23-22-17(30-18)21-16(27)15-13(28-2)9-25(24-15)12-6-4-11(19)5-7-12/h3-7,9H,1,8,10H2,2H3,(H,20,26)(H,21,22,27). The van der Waals surface area contributed by atoms with Crippen LogP contribution in [0.4, 0.5) is 9.52 Å². The number of ether oxygens (including phenoxy) is 1. The molecule has 0 spiro atoms. The highest BCUT2D eigenvalue weighted by Crippen LogP contribution is 2.27. The van der Waals surface area contributed by atoms with Gasteiger partial charge in [-0.2, -0.15) is 5.10 Å². The predicted octanol–water partition coefficient (Wildman–Crippen LogP) is 2.52. The Morgan fingerprint density at radius 3 is 2.80 bits per heavy atom. The second-order valence-corrected chi connectivity index (χ2v) is 7.88. The van der Waals surface area contributed by atoms with Gasteiger partial charge in [0.2, 0.25) is 11.0 Å². The number of halogens is 1. The first kappa shape index (κ1) is 21.5. The Bertz CT molecular complexity index is 1050. The average Bonchev–Trinajstić information content (AvgIpc) is 3.38. The Labute approximate surface area is 179 Å². The van der Waals surface area contributed by atoms with Gasteiger partial charge in [0.15, 0.2) is 15.8 Å². The molecule has 2 amide bonds. The highest BCUT2D eigenvalue weighted by molar-refractivity contribution is 8.01.